The molecule has 1 atom stereocenters. The number of carbonyl (C=O) groups is 2. The molecule has 3 rings (SSSR count). The fraction of sp³-hybridized carbons (Fsp3) is 0.333. The highest BCUT2D eigenvalue weighted by Crippen LogP contribution is 2.21. The van der Waals surface area contributed by atoms with Crippen LogP contribution in [0.25, 0.3) is 0 Å². The van der Waals surface area contributed by atoms with Gasteiger partial charge in [-0.1, -0.05) is 23.7 Å². The third kappa shape index (κ3) is 4.86. The summed E-state index contributed by atoms with van der Waals surface area (Å²) in [5.41, 5.74) is 1.45. The topological polar surface area (TPSA) is 40.6 Å². The summed E-state index contributed by atoms with van der Waals surface area (Å²) in [6, 6.07) is 12.9. The molecule has 2 aromatic rings. The van der Waals surface area contributed by atoms with Crippen molar-refractivity contribution in [1.82, 2.24) is 9.80 Å². The smallest absolute Gasteiger partial charge is 0.253 e. The third-order valence-corrected chi connectivity index (χ3v) is 5.11. The summed E-state index contributed by atoms with van der Waals surface area (Å²) in [6.45, 7) is 1.50. The van der Waals surface area contributed by atoms with E-state index in [0.717, 1.165) is 18.4 Å². The van der Waals surface area contributed by atoms with Crippen LogP contribution in [0.5, 0.6) is 0 Å². The Bertz CT molecular complexity index is 808. The van der Waals surface area contributed by atoms with Crippen LogP contribution >= 0.6 is 11.6 Å². The Kier molecular flexibility index (Phi) is 6.11. The summed E-state index contributed by atoms with van der Waals surface area (Å²) >= 11 is 5.90. The first kappa shape index (κ1) is 19.4. The standard InChI is InChI=1S/C21H22ClFN2O2/c1-24(13-15-4-8-18(22)9-5-15)20(26)17-3-2-12-25(14-17)21(27)16-6-10-19(23)11-7-16/h4-11,17H,2-3,12-14H2,1H3. The van der Waals surface area contributed by atoms with Crippen molar-refractivity contribution < 1.29 is 14.0 Å². The van der Waals surface area contributed by atoms with Gasteiger partial charge in [0.1, 0.15) is 5.82 Å². The summed E-state index contributed by atoms with van der Waals surface area (Å²) in [5, 5.41) is 0.662. The molecule has 1 aliphatic rings. The van der Waals surface area contributed by atoms with Gasteiger partial charge in [-0.3, -0.25) is 9.59 Å². The summed E-state index contributed by atoms with van der Waals surface area (Å²) in [6.07, 6.45) is 1.54. The molecule has 2 aromatic carbocycles. The van der Waals surface area contributed by atoms with Crippen LogP contribution in [0.2, 0.25) is 5.02 Å². The van der Waals surface area contributed by atoms with E-state index in [2.05, 4.69) is 0 Å². The van der Waals surface area contributed by atoms with Crippen LogP contribution < -0.4 is 0 Å². The lowest BCUT2D eigenvalue weighted by atomic mass is 9.95. The quantitative estimate of drug-likeness (QED) is 0.794. The predicted octanol–water partition coefficient (Wildman–Crippen LogP) is 3.99. The van der Waals surface area contributed by atoms with Crippen molar-refractivity contribution in [2.75, 3.05) is 20.1 Å². The second-order valence-electron chi connectivity index (χ2n) is 6.92. The van der Waals surface area contributed by atoms with Gasteiger partial charge < -0.3 is 9.80 Å². The molecule has 1 saturated heterocycles. The first-order chi connectivity index (χ1) is 12.9. The maximum atomic E-state index is 13.1. The molecule has 2 amide bonds. The molecule has 4 nitrogen and oxygen atoms in total. The van der Waals surface area contributed by atoms with Crippen molar-refractivity contribution in [2.24, 2.45) is 5.92 Å². The minimum atomic E-state index is -0.373. The first-order valence-corrected chi connectivity index (χ1v) is 9.36. The van der Waals surface area contributed by atoms with Crippen molar-refractivity contribution in [3.63, 3.8) is 0 Å². The molecule has 0 aliphatic carbocycles. The molecule has 27 heavy (non-hydrogen) atoms. The molecule has 0 N–H and O–H groups in total. The van der Waals surface area contributed by atoms with Gasteiger partial charge in [-0.05, 0) is 54.8 Å². The highest BCUT2D eigenvalue weighted by molar-refractivity contribution is 6.30. The maximum absolute atomic E-state index is 13.1. The lowest BCUT2D eigenvalue weighted by molar-refractivity contribution is -0.136. The average molecular weight is 389 g/mol. The molecule has 142 valence electrons. The van der Waals surface area contributed by atoms with E-state index in [1.807, 2.05) is 12.1 Å². The number of hydrogen-bond acceptors (Lipinski definition) is 2. The number of carbonyl (C=O) groups excluding carboxylic acids is 2. The van der Waals surface area contributed by atoms with Crippen LogP contribution in [0.4, 0.5) is 4.39 Å². The lowest BCUT2D eigenvalue weighted by Gasteiger charge is -2.34. The van der Waals surface area contributed by atoms with E-state index in [-0.39, 0.29) is 23.5 Å². The monoisotopic (exact) mass is 388 g/mol. The van der Waals surface area contributed by atoms with E-state index in [4.69, 9.17) is 11.6 Å². The lowest BCUT2D eigenvalue weighted by Crippen LogP contribution is -2.45. The second kappa shape index (κ2) is 8.53. The zero-order valence-corrected chi connectivity index (χ0v) is 16.0. The molecule has 1 aliphatic heterocycles. The van der Waals surface area contributed by atoms with Crippen molar-refractivity contribution >= 4 is 23.4 Å². The van der Waals surface area contributed by atoms with Crippen LogP contribution in [-0.4, -0.2) is 41.8 Å². The summed E-state index contributed by atoms with van der Waals surface area (Å²) in [4.78, 5) is 28.9. The Hall–Kier alpha value is -2.40. The van der Waals surface area contributed by atoms with Crippen LogP contribution in [0.1, 0.15) is 28.8 Å². The van der Waals surface area contributed by atoms with Crippen molar-refractivity contribution in [3.8, 4) is 0 Å². The van der Waals surface area contributed by atoms with Crippen molar-refractivity contribution in [1.29, 1.82) is 0 Å². The molecule has 1 unspecified atom stereocenters. The summed E-state index contributed by atoms with van der Waals surface area (Å²) in [5.74, 6) is -0.725. The normalized spacial score (nSPS) is 16.9. The number of amides is 2. The number of rotatable bonds is 4. The highest BCUT2D eigenvalue weighted by atomic mass is 35.5. The van der Waals surface area contributed by atoms with Crippen molar-refractivity contribution in [2.45, 2.75) is 19.4 Å². The van der Waals surface area contributed by atoms with Gasteiger partial charge >= 0.3 is 0 Å². The number of likely N-dealkylation sites (tertiary alicyclic amines) is 1. The highest BCUT2D eigenvalue weighted by Gasteiger charge is 2.30. The van der Waals surface area contributed by atoms with Gasteiger partial charge in [-0.25, -0.2) is 4.39 Å². The Balaban J connectivity index is 1.62. The van der Waals surface area contributed by atoms with Crippen molar-refractivity contribution in [3.05, 3.63) is 70.5 Å². The fourth-order valence-corrected chi connectivity index (χ4v) is 3.52. The Morgan fingerprint density at radius 3 is 2.48 bits per heavy atom. The van der Waals surface area contributed by atoms with E-state index in [9.17, 15) is 14.0 Å². The van der Waals surface area contributed by atoms with Gasteiger partial charge in [0, 0.05) is 37.3 Å². The van der Waals surface area contributed by atoms with E-state index in [1.54, 1.807) is 29.0 Å². The van der Waals surface area contributed by atoms with Crippen LogP contribution in [0.3, 0.4) is 0 Å². The van der Waals surface area contributed by atoms with Gasteiger partial charge in [-0.2, -0.15) is 0 Å². The largest absolute Gasteiger partial charge is 0.341 e. The van der Waals surface area contributed by atoms with Crippen LogP contribution in [0, 0.1) is 11.7 Å². The third-order valence-electron chi connectivity index (χ3n) is 4.86. The predicted molar refractivity (Wildman–Crippen MR) is 103 cm³/mol. The zero-order valence-electron chi connectivity index (χ0n) is 15.2. The number of hydrogen-bond donors (Lipinski definition) is 0. The number of benzene rings is 2. The number of nitrogens with zero attached hydrogens (tertiary/aromatic N) is 2. The average Bonchev–Trinajstić information content (AvgIpc) is 2.69. The SMILES string of the molecule is CN(Cc1ccc(Cl)cc1)C(=O)C1CCCN(C(=O)c2ccc(F)cc2)C1. The molecule has 1 heterocycles. The molecule has 0 aromatic heterocycles. The number of piperidine rings is 1. The molecule has 0 spiro atoms. The molecule has 6 heteroatoms. The Morgan fingerprint density at radius 1 is 1.15 bits per heavy atom. The van der Waals surface area contributed by atoms with E-state index >= 15 is 0 Å². The van der Waals surface area contributed by atoms with Crippen LogP contribution in [0.15, 0.2) is 48.5 Å². The molecule has 1 fully saturated rings. The minimum absolute atomic E-state index is 0.0292. The number of halogens is 2. The maximum Gasteiger partial charge on any atom is 0.253 e. The van der Waals surface area contributed by atoms with Crippen LogP contribution in [-0.2, 0) is 11.3 Å². The molecular formula is C21H22ClFN2O2. The van der Waals surface area contributed by atoms with E-state index in [1.165, 1.54) is 24.3 Å². The first-order valence-electron chi connectivity index (χ1n) is 8.98. The second-order valence-corrected chi connectivity index (χ2v) is 7.35. The minimum Gasteiger partial charge on any atom is -0.341 e. The van der Waals surface area contributed by atoms with Gasteiger partial charge in [0.15, 0.2) is 0 Å². The Labute approximate surface area is 163 Å². The van der Waals surface area contributed by atoms with E-state index < -0.39 is 0 Å². The molecular weight excluding hydrogens is 367 g/mol. The van der Waals surface area contributed by atoms with Gasteiger partial charge in [0.2, 0.25) is 5.91 Å². The van der Waals surface area contributed by atoms with Gasteiger partial charge in [0.25, 0.3) is 5.91 Å². The molecule has 0 bridgehead atoms. The summed E-state index contributed by atoms with van der Waals surface area (Å²) < 4.78 is 13.1. The zero-order chi connectivity index (χ0) is 19.4. The Morgan fingerprint density at radius 2 is 1.81 bits per heavy atom. The summed E-state index contributed by atoms with van der Waals surface area (Å²) in [7, 11) is 1.78. The van der Waals surface area contributed by atoms with E-state index in [0.29, 0.717) is 30.2 Å². The fourth-order valence-electron chi connectivity index (χ4n) is 3.39. The van der Waals surface area contributed by atoms with Gasteiger partial charge in [-0.15, -0.1) is 0 Å². The van der Waals surface area contributed by atoms with Gasteiger partial charge in [0.05, 0.1) is 5.92 Å². The molecule has 0 saturated carbocycles. The molecule has 0 radical (unpaired) electrons.